The number of nitrogens with one attached hydrogen (secondary N) is 1. The van der Waals surface area contributed by atoms with Gasteiger partial charge in [0.05, 0.1) is 0 Å². The fourth-order valence-electron chi connectivity index (χ4n) is 2.41. The third kappa shape index (κ3) is 2.47. The standard InChI is InChI=1S/C16H21NO/c1-3-5-6-10-15(18)14-11-17-16-12(4-2)8-7-9-13(14)16/h7-9,11,17H,3-6,10H2,1-2H3. The highest BCUT2D eigenvalue weighted by molar-refractivity contribution is 6.08. The molecule has 0 aliphatic heterocycles. The summed E-state index contributed by atoms with van der Waals surface area (Å²) in [5.41, 5.74) is 3.26. The summed E-state index contributed by atoms with van der Waals surface area (Å²) in [5, 5.41) is 1.08. The molecule has 0 aliphatic carbocycles. The van der Waals surface area contributed by atoms with Crippen molar-refractivity contribution in [2.24, 2.45) is 0 Å². The third-order valence-electron chi connectivity index (χ3n) is 3.49. The van der Waals surface area contributed by atoms with Crippen molar-refractivity contribution in [2.45, 2.75) is 46.0 Å². The molecule has 0 spiro atoms. The molecule has 2 heteroatoms. The number of carbonyl (C=O) groups is 1. The van der Waals surface area contributed by atoms with Crippen molar-refractivity contribution in [1.82, 2.24) is 4.98 Å². The number of rotatable bonds is 6. The molecule has 0 atom stereocenters. The molecule has 1 N–H and O–H groups in total. The predicted octanol–water partition coefficient (Wildman–Crippen LogP) is 4.49. The molecule has 1 aromatic carbocycles. The molecular weight excluding hydrogens is 222 g/mol. The van der Waals surface area contributed by atoms with Gasteiger partial charge in [0.15, 0.2) is 5.78 Å². The minimum Gasteiger partial charge on any atom is -0.360 e. The van der Waals surface area contributed by atoms with Gasteiger partial charge in [0.25, 0.3) is 0 Å². The highest BCUT2D eigenvalue weighted by Crippen LogP contribution is 2.23. The maximum Gasteiger partial charge on any atom is 0.165 e. The second kappa shape index (κ2) is 5.85. The van der Waals surface area contributed by atoms with Gasteiger partial charge in [-0.25, -0.2) is 0 Å². The van der Waals surface area contributed by atoms with Crippen molar-refractivity contribution >= 4 is 16.7 Å². The van der Waals surface area contributed by atoms with Crippen LogP contribution in [0.3, 0.4) is 0 Å². The van der Waals surface area contributed by atoms with Crippen molar-refractivity contribution in [2.75, 3.05) is 0 Å². The predicted molar refractivity (Wildman–Crippen MR) is 76.1 cm³/mol. The van der Waals surface area contributed by atoms with Gasteiger partial charge in [0.1, 0.15) is 0 Å². The second-order valence-corrected chi connectivity index (χ2v) is 4.78. The Morgan fingerprint density at radius 2 is 2.06 bits per heavy atom. The molecule has 1 aromatic heterocycles. The molecule has 2 rings (SSSR count). The highest BCUT2D eigenvalue weighted by atomic mass is 16.1. The lowest BCUT2D eigenvalue weighted by molar-refractivity contribution is 0.0981. The van der Waals surface area contributed by atoms with Gasteiger partial charge in [0.2, 0.25) is 0 Å². The fraction of sp³-hybridized carbons (Fsp3) is 0.438. The summed E-state index contributed by atoms with van der Waals surface area (Å²) in [6.45, 7) is 4.29. The van der Waals surface area contributed by atoms with Gasteiger partial charge in [-0.2, -0.15) is 0 Å². The molecular formula is C16H21NO. The van der Waals surface area contributed by atoms with E-state index < -0.39 is 0 Å². The zero-order valence-electron chi connectivity index (χ0n) is 11.3. The maximum absolute atomic E-state index is 12.2. The number of unbranched alkanes of at least 4 members (excludes halogenated alkanes) is 2. The SMILES string of the molecule is CCCCCC(=O)c1c[nH]c2c(CC)cccc12. The summed E-state index contributed by atoms with van der Waals surface area (Å²) >= 11 is 0. The molecule has 96 valence electrons. The van der Waals surface area contributed by atoms with Crippen LogP contribution in [0.5, 0.6) is 0 Å². The fourth-order valence-corrected chi connectivity index (χ4v) is 2.41. The van der Waals surface area contributed by atoms with E-state index in [9.17, 15) is 4.79 Å². The van der Waals surface area contributed by atoms with Crippen LogP contribution in [0.15, 0.2) is 24.4 Å². The third-order valence-corrected chi connectivity index (χ3v) is 3.49. The molecule has 0 saturated heterocycles. The van der Waals surface area contributed by atoms with Crippen molar-refractivity contribution in [3.05, 3.63) is 35.5 Å². The number of fused-ring (bicyclic) bond motifs is 1. The Labute approximate surface area is 108 Å². The summed E-state index contributed by atoms with van der Waals surface area (Å²) in [5.74, 6) is 0.267. The molecule has 0 aliphatic rings. The number of carbonyl (C=O) groups excluding carboxylic acids is 1. The molecule has 0 bridgehead atoms. The van der Waals surface area contributed by atoms with Crippen LogP contribution < -0.4 is 0 Å². The number of aromatic amines is 1. The Morgan fingerprint density at radius 1 is 1.22 bits per heavy atom. The molecule has 0 radical (unpaired) electrons. The van der Waals surface area contributed by atoms with Crippen LogP contribution >= 0.6 is 0 Å². The van der Waals surface area contributed by atoms with Crippen molar-refractivity contribution in [3.8, 4) is 0 Å². The molecule has 0 amide bonds. The summed E-state index contributed by atoms with van der Waals surface area (Å²) in [7, 11) is 0. The number of hydrogen-bond donors (Lipinski definition) is 1. The van der Waals surface area contributed by atoms with E-state index in [4.69, 9.17) is 0 Å². The number of hydrogen-bond acceptors (Lipinski definition) is 1. The van der Waals surface area contributed by atoms with Crippen molar-refractivity contribution < 1.29 is 4.79 Å². The van der Waals surface area contributed by atoms with E-state index in [1.54, 1.807) is 0 Å². The van der Waals surface area contributed by atoms with Gasteiger partial charge in [-0.15, -0.1) is 0 Å². The lowest BCUT2D eigenvalue weighted by Crippen LogP contribution is -1.97. The number of H-pyrrole nitrogens is 1. The lowest BCUT2D eigenvalue weighted by Gasteiger charge is -2.01. The van der Waals surface area contributed by atoms with E-state index in [2.05, 4.69) is 24.9 Å². The minimum absolute atomic E-state index is 0.267. The average Bonchev–Trinajstić information content (AvgIpc) is 2.82. The smallest absolute Gasteiger partial charge is 0.165 e. The van der Waals surface area contributed by atoms with Crippen LogP contribution in [-0.4, -0.2) is 10.8 Å². The Bertz CT molecular complexity index is 539. The topological polar surface area (TPSA) is 32.9 Å². The molecule has 2 nitrogen and oxygen atoms in total. The van der Waals surface area contributed by atoms with E-state index in [1.165, 1.54) is 5.56 Å². The van der Waals surface area contributed by atoms with Gasteiger partial charge in [0, 0.05) is 29.1 Å². The summed E-state index contributed by atoms with van der Waals surface area (Å²) in [4.78, 5) is 15.4. The van der Waals surface area contributed by atoms with Gasteiger partial charge >= 0.3 is 0 Å². The number of aryl methyl sites for hydroxylation is 1. The molecule has 2 aromatic rings. The first kappa shape index (κ1) is 12.9. The van der Waals surface area contributed by atoms with Crippen LogP contribution in [0.2, 0.25) is 0 Å². The average molecular weight is 243 g/mol. The quantitative estimate of drug-likeness (QED) is 0.588. The number of ketones is 1. The molecule has 0 fully saturated rings. The first-order chi connectivity index (χ1) is 8.77. The monoisotopic (exact) mass is 243 g/mol. The minimum atomic E-state index is 0.267. The molecule has 0 saturated carbocycles. The summed E-state index contributed by atoms with van der Waals surface area (Å²) in [6, 6.07) is 6.19. The van der Waals surface area contributed by atoms with E-state index >= 15 is 0 Å². The second-order valence-electron chi connectivity index (χ2n) is 4.78. The first-order valence-electron chi connectivity index (χ1n) is 6.90. The Hall–Kier alpha value is -1.57. The summed E-state index contributed by atoms with van der Waals surface area (Å²) in [6.07, 6.45) is 6.81. The Kier molecular flexibility index (Phi) is 4.19. The molecule has 18 heavy (non-hydrogen) atoms. The first-order valence-corrected chi connectivity index (χ1v) is 6.90. The highest BCUT2D eigenvalue weighted by Gasteiger charge is 2.12. The lowest BCUT2D eigenvalue weighted by atomic mass is 10.0. The maximum atomic E-state index is 12.2. The zero-order chi connectivity index (χ0) is 13.0. The largest absolute Gasteiger partial charge is 0.360 e. The zero-order valence-corrected chi connectivity index (χ0v) is 11.3. The van der Waals surface area contributed by atoms with Crippen LogP contribution in [-0.2, 0) is 6.42 Å². The van der Waals surface area contributed by atoms with E-state index in [0.29, 0.717) is 6.42 Å². The van der Waals surface area contributed by atoms with Crippen LogP contribution in [0, 0.1) is 0 Å². The summed E-state index contributed by atoms with van der Waals surface area (Å²) < 4.78 is 0. The van der Waals surface area contributed by atoms with Gasteiger partial charge in [-0.3, -0.25) is 4.79 Å². The number of benzene rings is 1. The number of Topliss-reactive ketones (excluding diaryl/α,β-unsaturated/α-hetero) is 1. The van der Waals surface area contributed by atoms with E-state index in [1.807, 2.05) is 18.3 Å². The molecule has 1 heterocycles. The number of aromatic nitrogens is 1. The van der Waals surface area contributed by atoms with E-state index in [0.717, 1.165) is 42.1 Å². The van der Waals surface area contributed by atoms with Crippen LogP contribution in [0.1, 0.15) is 55.5 Å². The molecule has 0 unspecified atom stereocenters. The van der Waals surface area contributed by atoms with Gasteiger partial charge < -0.3 is 4.98 Å². The van der Waals surface area contributed by atoms with Gasteiger partial charge in [-0.05, 0) is 18.4 Å². The number of para-hydroxylation sites is 1. The van der Waals surface area contributed by atoms with Crippen LogP contribution in [0.4, 0.5) is 0 Å². The van der Waals surface area contributed by atoms with Crippen LogP contribution in [0.25, 0.3) is 10.9 Å². The van der Waals surface area contributed by atoms with Crippen molar-refractivity contribution in [3.63, 3.8) is 0 Å². The Balaban J connectivity index is 2.26. The van der Waals surface area contributed by atoms with Gasteiger partial charge in [-0.1, -0.05) is 44.9 Å². The van der Waals surface area contributed by atoms with E-state index in [-0.39, 0.29) is 5.78 Å². The van der Waals surface area contributed by atoms with Crippen molar-refractivity contribution in [1.29, 1.82) is 0 Å². The Morgan fingerprint density at radius 3 is 2.78 bits per heavy atom. The normalized spacial score (nSPS) is 11.0.